The van der Waals surface area contributed by atoms with E-state index in [4.69, 9.17) is 0 Å². The first-order valence-corrected chi connectivity index (χ1v) is 16.2. The summed E-state index contributed by atoms with van der Waals surface area (Å²) in [5.41, 5.74) is 8.40. The van der Waals surface area contributed by atoms with Gasteiger partial charge in [-0.05, 0) is 110 Å². The molecule has 0 saturated heterocycles. The van der Waals surface area contributed by atoms with Gasteiger partial charge in [-0.3, -0.25) is 9.59 Å². The zero-order chi connectivity index (χ0) is 35.2. The molecule has 2 amide bonds. The van der Waals surface area contributed by atoms with Crippen LogP contribution in [-0.2, 0) is 22.7 Å². The van der Waals surface area contributed by atoms with Crippen molar-refractivity contribution in [1.29, 1.82) is 0 Å². The van der Waals surface area contributed by atoms with Crippen molar-refractivity contribution in [3.8, 4) is 23.0 Å². The average molecular weight is 659 g/mol. The molecule has 0 heterocycles. The van der Waals surface area contributed by atoms with E-state index in [1.807, 2.05) is 83.1 Å². The fraction of sp³-hybridized carbons (Fsp3) is 0.316. The summed E-state index contributed by atoms with van der Waals surface area (Å²) >= 11 is 1.40. The molecule has 0 fully saturated rings. The predicted molar refractivity (Wildman–Crippen MR) is 188 cm³/mol. The Kier molecular flexibility index (Phi) is 12.4. The number of carbonyl (C=O) groups excluding carboxylic acids is 2. The Balaban J connectivity index is 0.000000274. The zero-order valence-corrected chi connectivity index (χ0v) is 29.4. The second-order valence-electron chi connectivity index (χ2n) is 12.2. The van der Waals surface area contributed by atoms with Crippen LogP contribution in [0.15, 0.2) is 58.3 Å². The number of phenols is 4. The molecule has 0 aromatic heterocycles. The van der Waals surface area contributed by atoms with E-state index in [0.29, 0.717) is 35.3 Å². The SMILES string of the molecule is CC(=O)NCc1cc(C)c(O)c(C(C)c2cc(CNC(C)=O)cc(C)c2O)c1.Cc1cc(C)c(O)c(Sc2cc(C)cc(C)c2O)c1. The molecule has 9 heteroatoms. The summed E-state index contributed by atoms with van der Waals surface area (Å²) in [5.74, 6) is 0.376. The molecule has 0 saturated carbocycles. The zero-order valence-electron chi connectivity index (χ0n) is 28.6. The van der Waals surface area contributed by atoms with Crippen LogP contribution in [0.1, 0.15) is 82.3 Å². The maximum atomic E-state index is 11.2. The fourth-order valence-electron chi connectivity index (χ4n) is 5.37. The fourth-order valence-corrected chi connectivity index (χ4v) is 6.61. The van der Waals surface area contributed by atoms with Gasteiger partial charge in [0.2, 0.25) is 11.8 Å². The van der Waals surface area contributed by atoms with Crippen LogP contribution < -0.4 is 10.6 Å². The molecule has 6 N–H and O–H groups in total. The summed E-state index contributed by atoms with van der Waals surface area (Å²) in [6.07, 6.45) is 0. The average Bonchev–Trinajstić information content (AvgIpc) is 2.99. The topological polar surface area (TPSA) is 139 Å². The van der Waals surface area contributed by atoms with Crippen molar-refractivity contribution in [2.45, 2.75) is 91.1 Å². The molecule has 47 heavy (non-hydrogen) atoms. The van der Waals surface area contributed by atoms with Crippen LogP contribution in [0, 0.1) is 41.5 Å². The maximum Gasteiger partial charge on any atom is 0.217 e. The molecule has 4 aromatic rings. The molecule has 4 aromatic carbocycles. The van der Waals surface area contributed by atoms with Crippen LogP contribution in [-0.4, -0.2) is 32.2 Å². The summed E-state index contributed by atoms with van der Waals surface area (Å²) in [7, 11) is 0. The molecular weight excluding hydrogens is 612 g/mol. The lowest BCUT2D eigenvalue weighted by molar-refractivity contribution is -0.120. The van der Waals surface area contributed by atoms with Crippen LogP contribution >= 0.6 is 11.8 Å². The van der Waals surface area contributed by atoms with Crippen molar-refractivity contribution in [2.75, 3.05) is 0 Å². The number of aryl methyl sites for hydroxylation is 6. The Bertz CT molecular complexity index is 1670. The van der Waals surface area contributed by atoms with Crippen LogP contribution in [0.5, 0.6) is 23.0 Å². The lowest BCUT2D eigenvalue weighted by Crippen LogP contribution is -2.19. The van der Waals surface area contributed by atoms with Gasteiger partial charge in [0.1, 0.15) is 23.0 Å². The van der Waals surface area contributed by atoms with E-state index in [0.717, 1.165) is 43.2 Å². The smallest absolute Gasteiger partial charge is 0.217 e. The van der Waals surface area contributed by atoms with Gasteiger partial charge in [0.25, 0.3) is 0 Å². The Morgan fingerprint density at radius 3 is 1.26 bits per heavy atom. The molecular formula is C38H46N2O6S. The van der Waals surface area contributed by atoms with E-state index in [2.05, 4.69) is 10.6 Å². The van der Waals surface area contributed by atoms with Gasteiger partial charge >= 0.3 is 0 Å². The van der Waals surface area contributed by atoms with Gasteiger partial charge < -0.3 is 31.1 Å². The van der Waals surface area contributed by atoms with E-state index in [1.54, 1.807) is 13.8 Å². The minimum atomic E-state index is -0.285. The van der Waals surface area contributed by atoms with Gasteiger partial charge in [-0.1, -0.05) is 43.0 Å². The molecule has 0 aliphatic rings. The van der Waals surface area contributed by atoms with E-state index in [9.17, 15) is 30.0 Å². The molecule has 4 rings (SSSR count). The first kappa shape index (κ1) is 36.8. The van der Waals surface area contributed by atoms with Crippen molar-refractivity contribution in [2.24, 2.45) is 0 Å². The van der Waals surface area contributed by atoms with Crippen molar-refractivity contribution in [1.82, 2.24) is 10.6 Å². The number of phenolic OH excluding ortho intramolecular Hbond substituents is 4. The summed E-state index contributed by atoms with van der Waals surface area (Å²) in [6, 6.07) is 15.1. The minimum Gasteiger partial charge on any atom is -0.507 e. The molecule has 250 valence electrons. The number of aromatic hydroxyl groups is 4. The molecule has 0 unspecified atom stereocenters. The third-order valence-corrected chi connectivity index (χ3v) is 8.90. The number of benzene rings is 4. The van der Waals surface area contributed by atoms with Gasteiger partial charge in [-0.15, -0.1) is 0 Å². The quantitative estimate of drug-likeness (QED) is 0.114. The van der Waals surface area contributed by atoms with Gasteiger partial charge in [0.15, 0.2) is 0 Å². The van der Waals surface area contributed by atoms with E-state index < -0.39 is 0 Å². The van der Waals surface area contributed by atoms with Gasteiger partial charge in [-0.25, -0.2) is 0 Å². The monoisotopic (exact) mass is 658 g/mol. The van der Waals surface area contributed by atoms with Gasteiger partial charge in [0, 0.05) is 44.0 Å². The van der Waals surface area contributed by atoms with Gasteiger partial charge in [-0.2, -0.15) is 0 Å². The number of hydrogen-bond donors (Lipinski definition) is 6. The van der Waals surface area contributed by atoms with Crippen molar-refractivity contribution >= 4 is 23.6 Å². The highest BCUT2D eigenvalue weighted by Crippen LogP contribution is 2.42. The highest BCUT2D eigenvalue weighted by atomic mass is 32.2. The van der Waals surface area contributed by atoms with Crippen molar-refractivity contribution in [3.05, 3.63) is 104 Å². The van der Waals surface area contributed by atoms with Crippen LogP contribution in [0.3, 0.4) is 0 Å². The van der Waals surface area contributed by atoms with E-state index in [-0.39, 0.29) is 40.7 Å². The lowest BCUT2D eigenvalue weighted by atomic mass is 9.87. The highest BCUT2D eigenvalue weighted by molar-refractivity contribution is 7.99. The molecule has 0 atom stereocenters. The molecule has 0 spiro atoms. The van der Waals surface area contributed by atoms with Crippen LogP contribution in [0.2, 0.25) is 0 Å². The normalized spacial score (nSPS) is 10.8. The first-order chi connectivity index (χ1) is 22.0. The van der Waals surface area contributed by atoms with Crippen molar-refractivity contribution in [3.63, 3.8) is 0 Å². The third kappa shape index (κ3) is 9.68. The molecule has 0 bridgehead atoms. The molecule has 0 aliphatic heterocycles. The molecule has 0 radical (unpaired) electrons. The second kappa shape index (κ2) is 15.8. The number of nitrogens with one attached hydrogen (secondary N) is 2. The maximum absolute atomic E-state index is 11.2. The van der Waals surface area contributed by atoms with Crippen LogP contribution in [0.25, 0.3) is 0 Å². The Labute approximate surface area is 281 Å². The summed E-state index contributed by atoms with van der Waals surface area (Å²) in [4.78, 5) is 24.0. The summed E-state index contributed by atoms with van der Waals surface area (Å²) in [6.45, 7) is 16.9. The standard InChI is InChI=1S/C22H28N2O4.C16H18O2S/c1-12-6-17(10-23-15(4)25)8-19(21(12)27)14(3)20-9-18(11-24-16(5)26)7-13(2)22(20)28;1-9-5-11(3)15(17)13(7-9)19-14-8-10(2)6-12(4)16(14)18/h6-9,14,27-28H,10-11H2,1-5H3,(H,23,25)(H,24,26);5-8,17-18H,1-4H3. The lowest BCUT2D eigenvalue weighted by Gasteiger charge is -2.20. The van der Waals surface area contributed by atoms with Crippen molar-refractivity contribution < 1.29 is 30.0 Å². The van der Waals surface area contributed by atoms with E-state index in [1.165, 1.54) is 25.6 Å². The Morgan fingerprint density at radius 2 is 0.915 bits per heavy atom. The van der Waals surface area contributed by atoms with Crippen LogP contribution in [0.4, 0.5) is 0 Å². The highest BCUT2D eigenvalue weighted by Gasteiger charge is 2.20. The Hall–Kier alpha value is -4.63. The molecule has 8 nitrogen and oxygen atoms in total. The third-order valence-electron chi connectivity index (χ3n) is 7.84. The largest absolute Gasteiger partial charge is 0.507 e. The number of rotatable bonds is 8. The summed E-state index contributed by atoms with van der Waals surface area (Å²) in [5, 5.41) is 47.0. The molecule has 0 aliphatic carbocycles. The predicted octanol–water partition coefficient (Wildman–Crippen LogP) is 7.62. The van der Waals surface area contributed by atoms with E-state index >= 15 is 0 Å². The minimum absolute atomic E-state index is 0.126. The summed E-state index contributed by atoms with van der Waals surface area (Å²) < 4.78 is 0. The van der Waals surface area contributed by atoms with Gasteiger partial charge in [0.05, 0.1) is 9.79 Å². The first-order valence-electron chi connectivity index (χ1n) is 15.4. The number of carbonyl (C=O) groups is 2. The Morgan fingerprint density at radius 1 is 0.574 bits per heavy atom. The number of amides is 2. The number of hydrogen-bond acceptors (Lipinski definition) is 7. The second-order valence-corrected chi connectivity index (χ2v) is 13.3.